The molecule has 0 unspecified atom stereocenters. The number of benzene rings is 1. The number of hydrogen-bond acceptors (Lipinski definition) is 3. The Kier molecular flexibility index (Phi) is 5.43. The van der Waals surface area contributed by atoms with E-state index in [4.69, 9.17) is 5.73 Å². The molecular weight excluding hydrogens is 330 g/mol. The fourth-order valence-electron chi connectivity index (χ4n) is 2.61. The van der Waals surface area contributed by atoms with E-state index >= 15 is 0 Å². The van der Waals surface area contributed by atoms with Gasteiger partial charge in [0.05, 0.1) is 12.1 Å². The predicted octanol–water partition coefficient (Wildman–Crippen LogP) is 1.52. The van der Waals surface area contributed by atoms with E-state index in [9.17, 15) is 27.2 Å². The standard InChI is InChI=1S/C15H17F4N3O2/c16-12-2-1-9(7-11(12)15(17,18)19)14(24)21-10-3-5-22(6-4-10)8-13(20)23/h1-2,7,10H,3-6,8H2,(H2,20,23)(H,21,24). The minimum atomic E-state index is -4.86. The van der Waals surface area contributed by atoms with E-state index in [1.165, 1.54) is 0 Å². The molecule has 0 atom stereocenters. The van der Waals surface area contributed by atoms with Crippen molar-refractivity contribution in [2.24, 2.45) is 5.73 Å². The van der Waals surface area contributed by atoms with Crippen LogP contribution in [-0.2, 0) is 11.0 Å². The van der Waals surface area contributed by atoms with Crippen molar-refractivity contribution < 1.29 is 27.2 Å². The van der Waals surface area contributed by atoms with Crippen LogP contribution in [0.5, 0.6) is 0 Å². The first kappa shape index (κ1) is 18.2. The van der Waals surface area contributed by atoms with E-state index in [0.29, 0.717) is 38.1 Å². The van der Waals surface area contributed by atoms with Crippen LogP contribution in [0.2, 0.25) is 0 Å². The second kappa shape index (κ2) is 7.16. The molecule has 0 radical (unpaired) electrons. The Bertz CT molecular complexity index is 626. The zero-order chi connectivity index (χ0) is 17.9. The fourth-order valence-corrected chi connectivity index (χ4v) is 2.61. The van der Waals surface area contributed by atoms with Crippen molar-refractivity contribution in [1.82, 2.24) is 10.2 Å². The maximum atomic E-state index is 13.2. The lowest BCUT2D eigenvalue weighted by atomic mass is 10.0. The summed E-state index contributed by atoms with van der Waals surface area (Å²) in [5.74, 6) is -2.55. The molecule has 1 aliphatic rings. The monoisotopic (exact) mass is 347 g/mol. The van der Waals surface area contributed by atoms with Gasteiger partial charge in [0, 0.05) is 24.7 Å². The molecule has 0 saturated carbocycles. The van der Waals surface area contributed by atoms with Gasteiger partial charge >= 0.3 is 6.18 Å². The van der Waals surface area contributed by atoms with Gasteiger partial charge in [-0.2, -0.15) is 13.2 Å². The number of rotatable bonds is 4. The lowest BCUT2D eigenvalue weighted by Crippen LogP contribution is -2.46. The van der Waals surface area contributed by atoms with Crippen LogP contribution in [0.4, 0.5) is 17.6 Å². The number of primary amides is 1. The van der Waals surface area contributed by atoms with Gasteiger partial charge in [0.25, 0.3) is 5.91 Å². The van der Waals surface area contributed by atoms with Gasteiger partial charge in [-0.15, -0.1) is 0 Å². The number of piperidine rings is 1. The number of nitrogens with two attached hydrogens (primary N) is 1. The van der Waals surface area contributed by atoms with Gasteiger partial charge in [0.15, 0.2) is 0 Å². The number of carbonyl (C=O) groups is 2. The van der Waals surface area contributed by atoms with E-state index in [1.807, 2.05) is 4.90 Å². The Morgan fingerprint density at radius 3 is 2.42 bits per heavy atom. The highest BCUT2D eigenvalue weighted by Gasteiger charge is 2.35. The summed E-state index contributed by atoms with van der Waals surface area (Å²) in [6.45, 7) is 1.23. The topological polar surface area (TPSA) is 75.4 Å². The Labute approximate surface area is 135 Å². The summed E-state index contributed by atoms with van der Waals surface area (Å²) in [6.07, 6.45) is -3.76. The first-order valence-electron chi connectivity index (χ1n) is 7.35. The number of amides is 2. The molecule has 1 aromatic carbocycles. The van der Waals surface area contributed by atoms with Crippen molar-refractivity contribution in [3.05, 3.63) is 35.1 Å². The molecule has 3 N–H and O–H groups in total. The quantitative estimate of drug-likeness (QED) is 0.811. The molecule has 5 nitrogen and oxygen atoms in total. The minimum Gasteiger partial charge on any atom is -0.369 e. The van der Waals surface area contributed by atoms with Crippen molar-refractivity contribution in [2.75, 3.05) is 19.6 Å². The maximum Gasteiger partial charge on any atom is 0.419 e. The molecule has 0 bridgehead atoms. The molecule has 9 heteroatoms. The van der Waals surface area contributed by atoms with Gasteiger partial charge in [0.1, 0.15) is 5.82 Å². The van der Waals surface area contributed by atoms with Crippen LogP contribution in [0.1, 0.15) is 28.8 Å². The van der Waals surface area contributed by atoms with Crippen LogP contribution in [0.3, 0.4) is 0 Å². The van der Waals surface area contributed by atoms with Gasteiger partial charge in [-0.1, -0.05) is 0 Å². The van der Waals surface area contributed by atoms with Crippen molar-refractivity contribution in [1.29, 1.82) is 0 Å². The molecule has 1 saturated heterocycles. The van der Waals surface area contributed by atoms with Crippen molar-refractivity contribution in [3.8, 4) is 0 Å². The molecule has 2 rings (SSSR count). The molecule has 132 valence electrons. The van der Waals surface area contributed by atoms with Crippen LogP contribution >= 0.6 is 0 Å². The minimum absolute atomic E-state index is 0.133. The Hall–Kier alpha value is -2.16. The molecule has 0 aromatic heterocycles. The van der Waals surface area contributed by atoms with Crippen LogP contribution < -0.4 is 11.1 Å². The lowest BCUT2D eigenvalue weighted by molar-refractivity contribution is -0.140. The van der Waals surface area contributed by atoms with Crippen LogP contribution in [0, 0.1) is 5.82 Å². The maximum absolute atomic E-state index is 13.2. The normalized spacial score (nSPS) is 16.8. The van der Waals surface area contributed by atoms with Crippen LogP contribution in [0.15, 0.2) is 18.2 Å². The highest BCUT2D eigenvalue weighted by Crippen LogP contribution is 2.31. The van der Waals surface area contributed by atoms with Crippen molar-refractivity contribution in [2.45, 2.75) is 25.1 Å². The second-order valence-electron chi connectivity index (χ2n) is 5.68. The fraction of sp³-hybridized carbons (Fsp3) is 0.467. The van der Waals surface area contributed by atoms with Gasteiger partial charge < -0.3 is 11.1 Å². The van der Waals surface area contributed by atoms with Crippen molar-refractivity contribution >= 4 is 11.8 Å². The molecule has 1 heterocycles. The number of alkyl halides is 3. The zero-order valence-electron chi connectivity index (χ0n) is 12.7. The Morgan fingerprint density at radius 1 is 1.25 bits per heavy atom. The molecule has 2 amide bonds. The average molecular weight is 347 g/mol. The molecule has 0 aliphatic carbocycles. The average Bonchev–Trinajstić information content (AvgIpc) is 2.48. The molecule has 1 aromatic rings. The van der Waals surface area contributed by atoms with Gasteiger partial charge in [-0.25, -0.2) is 4.39 Å². The third kappa shape index (κ3) is 4.67. The number of halogens is 4. The summed E-state index contributed by atoms with van der Waals surface area (Å²) in [6, 6.07) is 1.93. The molecule has 24 heavy (non-hydrogen) atoms. The second-order valence-corrected chi connectivity index (χ2v) is 5.68. The number of carbonyl (C=O) groups excluding carboxylic acids is 2. The zero-order valence-corrected chi connectivity index (χ0v) is 12.7. The van der Waals surface area contributed by atoms with E-state index < -0.39 is 29.4 Å². The van der Waals surface area contributed by atoms with Gasteiger partial charge in [-0.05, 0) is 31.0 Å². The molecule has 0 spiro atoms. The van der Waals surface area contributed by atoms with E-state index in [-0.39, 0.29) is 18.2 Å². The third-order valence-corrected chi connectivity index (χ3v) is 3.84. The summed E-state index contributed by atoms with van der Waals surface area (Å²) < 4.78 is 51.3. The van der Waals surface area contributed by atoms with E-state index in [1.54, 1.807) is 0 Å². The number of nitrogens with zero attached hydrogens (tertiary/aromatic N) is 1. The molecule has 1 aliphatic heterocycles. The smallest absolute Gasteiger partial charge is 0.369 e. The largest absolute Gasteiger partial charge is 0.419 e. The number of likely N-dealkylation sites (tertiary alicyclic amines) is 1. The Morgan fingerprint density at radius 2 is 1.88 bits per heavy atom. The predicted molar refractivity (Wildman–Crippen MR) is 77.5 cm³/mol. The summed E-state index contributed by atoms with van der Waals surface area (Å²) in [7, 11) is 0. The summed E-state index contributed by atoms with van der Waals surface area (Å²) in [5.41, 5.74) is 3.39. The van der Waals surface area contributed by atoms with Crippen LogP contribution in [-0.4, -0.2) is 42.4 Å². The third-order valence-electron chi connectivity index (χ3n) is 3.84. The lowest BCUT2D eigenvalue weighted by Gasteiger charge is -2.31. The summed E-state index contributed by atoms with van der Waals surface area (Å²) >= 11 is 0. The van der Waals surface area contributed by atoms with Gasteiger partial charge in [-0.3, -0.25) is 14.5 Å². The Balaban J connectivity index is 1.98. The highest BCUT2D eigenvalue weighted by molar-refractivity contribution is 5.94. The molecular formula is C15H17F4N3O2. The first-order valence-corrected chi connectivity index (χ1v) is 7.35. The first-order chi connectivity index (χ1) is 11.2. The van der Waals surface area contributed by atoms with Crippen molar-refractivity contribution in [3.63, 3.8) is 0 Å². The van der Waals surface area contributed by atoms with E-state index in [2.05, 4.69) is 5.32 Å². The SMILES string of the molecule is NC(=O)CN1CCC(NC(=O)c2ccc(F)c(C(F)(F)F)c2)CC1. The highest BCUT2D eigenvalue weighted by atomic mass is 19.4. The number of nitrogens with one attached hydrogen (secondary N) is 1. The molecule has 1 fully saturated rings. The summed E-state index contributed by atoms with van der Waals surface area (Å²) in [5, 5.41) is 2.64. The van der Waals surface area contributed by atoms with Gasteiger partial charge in [0.2, 0.25) is 5.91 Å². The number of hydrogen-bond donors (Lipinski definition) is 2. The summed E-state index contributed by atoms with van der Waals surface area (Å²) in [4.78, 5) is 24.8. The van der Waals surface area contributed by atoms with Crippen LogP contribution in [0.25, 0.3) is 0 Å². The van der Waals surface area contributed by atoms with E-state index in [0.717, 1.165) is 6.07 Å².